The third-order valence-electron chi connectivity index (χ3n) is 3.20. The first kappa shape index (κ1) is 16.9. The first-order valence-electron chi connectivity index (χ1n) is 6.50. The number of nitrogens with zero attached hydrogens (tertiary/aromatic N) is 3. The number of aliphatic hydroxyl groups is 1. The highest BCUT2D eigenvalue weighted by Gasteiger charge is 2.36. The lowest BCUT2D eigenvalue weighted by molar-refractivity contribution is -0.138. The van der Waals surface area contributed by atoms with Crippen molar-refractivity contribution in [1.29, 1.82) is 0 Å². The van der Waals surface area contributed by atoms with Gasteiger partial charge in [0.2, 0.25) is 11.2 Å². The molecule has 0 bridgehead atoms. The van der Waals surface area contributed by atoms with Crippen LogP contribution in [0, 0.1) is 0 Å². The highest BCUT2D eigenvalue weighted by Crippen LogP contribution is 2.32. The van der Waals surface area contributed by atoms with Gasteiger partial charge in [-0.3, -0.25) is 0 Å². The Morgan fingerprint density at radius 1 is 1.32 bits per heavy atom. The number of anilines is 1. The zero-order chi connectivity index (χ0) is 16.5. The highest BCUT2D eigenvalue weighted by molar-refractivity contribution is 6.28. The minimum absolute atomic E-state index is 0.0331. The van der Waals surface area contributed by atoms with Gasteiger partial charge in [0.05, 0.1) is 0 Å². The second-order valence-corrected chi connectivity index (χ2v) is 5.23. The van der Waals surface area contributed by atoms with Crippen LogP contribution >= 0.6 is 11.6 Å². The summed E-state index contributed by atoms with van der Waals surface area (Å²) >= 11 is 5.66. The van der Waals surface area contributed by atoms with Gasteiger partial charge < -0.3 is 10.4 Å². The van der Waals surface area contributed by atoms with Crippen LogP contribution in [-0.4, -0.2) is 38.4 Å². The molecular weight excluding hydrogens is 328 g/mol. The van der Waals surface area contributed by atoms with Gasteiger partial charge in [0.15, 0.2) is 5.82 Å². The molecule has 0 amide bonds. The molecule has 2 atom stereocenters. The van der Waals surface area contributed by atoms with Gasteiger partial charge >= 0.3 is 6.18 Å². The zero-order valence-electron chi connectivity index (χ0n) is 11.5. The molecule has 1 aliphatic rings. The molecule has 0 saturated heterocycles. The van der Waals surface area contributed by atoms with Crippen LogP contribution in [0.25, 0.3) is 5.57 Å². The Bertz CT molecular complexity index is 593. The Kier molecular flexibility index (Phi) is 4.86. The minimum Gasteiger partial charge on any atom is -0.386 e. The Hall–Kier alpha value is -1.48. The largest absolute Gasteiger partial charge is 0.408 e. The highest BCUT2D eigenvalue weighted by atomic mass is 35.5. The van der Waals surface area contributed by atoms with Gasteiger partial charge in [-0.1, -0.05) is 0 Å². The van der Waals surface area contributed by atoms with E-state index in [9.17, 15) is 22.7 Å². The molecule has 0 aromatic carbocycles. The van der Waals surface area contributed by atoms with Gasteiger partial charge in [0, 0.05) is 5.57 Å². The molecule has 1 aromatic heterocycles. The maximum absolute atomic E-state index is 13.9. The van der Waals surface area contributed by atoms with Crippen molar-refractivity contribution in [3.63, 3.8) is 0 Å². The fourth-order valence-electron chi connectivity index (χ4n) is 1.96. The predicted octanol–water partition coefficient (Wildman–Crippen LogP) is 3.11. The predicted molar refractivity (Wildman–Crippen MR) is 71.9 cm³/mol. The van der Waals surface area contributed by atoms with E-state index in [0.29, 0.717) is 6.42 Å². The molecule has 0 fully saturated rings. The molecule has 0 radical (unpaired) electrons. The Morgan fingerprint density at radius 2 is 2.00 bits per heavy atom. The molecule has 22 heavy (non-hydrogen) atoms. The van der Waals surface area contributed by atoms with E-state index in [1.807, 2.05) is 5.32 Å². The van der Waals surface area contributed by atoms with Crippen molar-refractivity contribution in [2.24, 2.45) is 0 Å². The summed E-state index contributed by atoms with van der Waals surface area (Å²) in [6.45, 7) is 0.890. The first-order valence-corrected chi connectivity index (χ1v) is 6.88. The second-order valence-electron chi connectivity index (χ2n) is 4.89. The van der Waals surface area contributed by atoms with Crippen molar-refractivity contribution in [3.05, 3.63) is 16.9 Å². The topological polar surface area (TPSA) is 70.9 Å². The molecule has 122 valence electrons. The summed E-state index contributed by atoms with van der Waals surface area (Å²) in [5.41, 5.74) is 0.0331. The lowest BCUT2D eigenvalue weighted by atomic mass is 9.96. The van der Waals surface area contributed by atoms with Crippen molar-refractivity contribution < 1.29 is 22.7 Å². The normalized spacial score (nSPS) is 21.0. The fraction of sp³-hybridized carbons (Fsp3) is 0.583. The number of hydrogen-bond donors (Lipinski definition) is 2. The Labute approximate surface area is 128 Å². The van der Waals surface area contributed by atoms with Crippen LogP contribution in [0.1, 0.15) is 32.0 Å². The number of hydrogen-bond acceptors (Lipinski definition) is 5. The second kappa shape index (κ2) is 6.33. The molecule has 0 aliphatic heterocycles. The smallest absolute Gasteiger partial charge is 0.386 e. The van der Waals surface area contributed by atoms with Gasteiger partial charge in [-0.15, -0.1) is 0 Å². The van der Waals surface area contributed by atoms with E-state index in [1.165, 1.54) is 0 Å². The van der Waals surface area contributed by atoms with Gasteiger partial charge in [-0.25, -0.2) is 4.39 Å². The van der Waals surface area contributed by atoms with Crippen LogP contribution in [0.5, 0.6) is 0 Å². The van der Waals surface area contributed by atoms with E-state index < -0.39 is 30.1 Å². The van der Waals surface area contributed by atoms with Gasteiger partial charge in [0.1, 0.15) is 18.0 Å². The number of alkyl halides is 3. The summed E-state index contributed by atoms with van der Waals surface area (Å²) in [6, 6.07) is -1.91. The zero-order valence-corrected chi connectivity index (χ0v) is 12.2. The van der Waals surface area contributed by atoms with Gasteiger partial charge in [-0.2, -0.15) is 28.1 Å². The van der Waals surface area contributed by atoms with Crippen LogP contribution in [0.2, 0.25) is 5.28 Å². The molecule has 10 heteroatoms. The molecule has 2 unspecified atom stereocenters. The molecule has 0 saturated carbocycles. The van der Waals surface area contributed by atoms with Gasteiger partial charge in [0.25, 0.3) is 0 Å². The molecular formula is C12H13ClF4N4O. The fourth-order valence-corrected chi connectivity index (χ4v) is 2.12. The van der Waals surface area contributed by atoms with Crippen LogP contribution in [0.3, 0.4) is 0 Å². The third-order valence-corrected chi connectivity index (χ3v) is 3.37. The molecule has 0 spiro atoms. The van der Waals surface area contributed by atoms with E-state index >= 15 is 0 Å². The summed E-state index contributed by atoms with van der Waals surface area (Å²) < 4.78 is 51.5. The number of aromatic nitrogens is 3. The maximum Gasteiger partial charge on any atom is 0.408 e. The Balaban J connectivity index is 2.33. The monoisotopic (exact) mass is 340 g/mol. The number of aliphatic hydroxyl groups excluding tert-OH is 1. The van der Waals surface area contributed by atoms with Crippen LogP contribution < -0.4 is 5.32 Å². The average Bonchev–Trinajstić information content (AvgIpc) is 2.40. The first-order chi connectivity index (χ1) is 10.2. The van der Waals surface area contributed by atoms with Crippen LogP contribution in [0.4, 0.5) is 23.5 Å². The molecule has 1 aliphatic carbocycles. The molecule has 1 aromatic rings. The standard InChI is InChI=1S/C12H13ClF4N4O/c1-5(12(15,16)17)18-11-20-9(19-10(13)21-11)6-3-2-4-7(22)8(6)14/h5,7,22H,2-4H2,1H3,(H,18,19,20,21). The quantitative estimate of drug-likeness (QED) is 0.827. The molecule has 2 N–H and O–H groups in total. The van der Waals surface area contributed by atoms with E-state index in [4.69, 9.17) is 11.6 Å². The average molecular weight is 341 g/mol. The number of allylic oxidation sites excluding steroid dienone is 1. The number of halogens is 5. The summed E-state index contributed by atoms with van der Waals surface area (Å²) in [4.78, 5) is 11.0. The van der Waals surface area contributed by atoms with Crippen LogP contribution in [0.15, 0.2) is 5.83 Å². The van der Waals surface area contributed by atoms with Crippen molar-refractivity contribution >= 4 is 23.1 Å². The number of rotatable bonds is 3. The summed E-state index contributed by atoms with van der Waals surface area (Å²) in [7, 11) is 0. The maximum atomic E-state index is 13.9. The minimum atomic E-state index is -4.50. The van der Waals surface area contributed by atoms with Crippen molar-refractivity contribution in [2.45, 2.75) is 44.5 Å². The van der Waals surface area contributed by atoms with E-state index in [0.717, 1.165) is 6.92 Å². The summed E-state index contributed by atoms with van der Waals surface area (Å²) in [5.74, 6) is -1.36. The van der Waals surface area contributed by atoms with Crippen molar-refractivity contribution in [3.8, 4) is 0 Å². The molecule has 5 nitrogen and oxygen atoms in total. The third kappa shape index (κ3) is 3.83. The van der Waals surface area contributed by atoms with Crippen molar-refractivity contribution in [2.75, 3.05) is 5.32 Å². The van der Waals surface area contributed by atoms with Crippen molar-refractivity contribution in [1.82, 2.24) is 15.0 Å². The SMILES string of the molecule is CC(Nc1nc(Cl)nc(C2=C(F)C(O)CCC2)n1)C(F)(F)F. The summed E-state index contributed by atoms with van der Waals surface area (Å²) in [5, 5.41) is 11.2. The van der Waals surface area contributed by atoms with Crippen LogP contribution in [-0.2, 0) is 0 Å². The van der Waals surface area contributed by atoms with E-state index in [1.54, 1.807) is 0 Å². The summed E-state index contributed by atoms with van der Waals surface area (Å²) in [6.07, 6.45) is -4.72. The van der Waals surface area contributed by atoms with E-state index in [2.05, 4.69) is 15.0 Å². The van der Waals surface area contributed by atoms with Gasteiger partial charge in [-0.05, 0) is 37.8 Å². The Morgan fingerprint density at radius 3 is 2.64 bits per heavy atom. The van der Waals surface area contributed by atoms with E-state index in [-0.39, 0.29) is 29.5 Å². The lowest BCUT2D eigenvalue weighted by Crippen LogP contribution is -2.34. The molecule has 2 rings (SSSR count). The number of nitrogens with one attached hydrogen (secondary N) is 1. The molecule has 1 heterocycles. The lowest BCUT2D eigenvalue weighted by Gasteiger charge is -2.20.